The Balaban J connectivity index is 1.66. The minimum Gasteiger partial charge on any atom is -0.457 e. The van der Waals surface area contributed by atoms with Crippen molar-refractivity contribution in [1.82, 2.24) is 10.6 Å². The number of carbonyl (C=O) groups is 1. The highest BCUT2D eigenvalue weighted by Crippen LogP contribution is 2.20. The van der Waals surface area contributed by atoms with Crippen LogP contribution in [0.15, 0.2) is 65.9 Å². The lowest BCUT2D eigenvalue weighted by molar-refractivity contribution is -0.140. The second-order valence-electron chi connectivity index (χ2n) is 6.01. The molecule has 0 radical (unpaired) electrons. The van der Waals surface area contributed by atoms with E-state index in [1.165, 1.54) is 0 Å². The van der Waals surface area contributed by atoms with Crippen molar-refractivity contribution in [2.75, 3.05) is 6.61 Å². The zero-order valence-electron chi connectivity index (χ0n) is 14.4. The number of aliphatic hydroxyl groups is 1. The first-order valence-corrected chi connectivity index (χ1v) is 8.70. The van der Waals surface area contributed by atoms with E-state index in [1.54, 1.807) is 6.92 Å². The molecule has 0 fully saturated rings. The van der Waals surface area contributed by atoms with E-state index >= 15 is 0 Å². The van der Waals surface area contributed by atoms with Crippen LogP contribution in [0.4, 0.5) is 0 Å². The Hall–Kier alpha value is -2.70. The first kappa shape index (κ1) is 18.1. The van der Waals surface area contributed by atoms with E-state index in [0.29, 0.717) is 16.4 Å². The molecule has 5 nitrogen and oxygen atoms in total. The summed E-state index contributed by atoms with van der Waals surface area (Å²) < 4.78 is 5.42. The molecule has 0 aromatic heterocycles. The number of benzene rings is 2. The number of carbonyl (C=O) groups excluding carboxylic acids is 1. The predicted octanol–water partition coefficient (Wildman–Crippen LogP) is 2.51. The van der Waals surface area contributed by atoms with Gasteiger partial charge in [0.2, 0.25) is 0 Å². The second-order valence-corrected chi connectivity index (χ2v) is 6.42. The van der Waals surface area contributed by atoms with E-state index < -0.39 is 12.0 Å². The molecule has 0 bridgehead atoms. The quantitative estimate of drug-likeness (QED) is 0.556. The molecule has 1 unspecified atom stereocenters. The number of hydrogen-bond acceptors (Lipinski definition) is 4. The van der Waals surface area contributed by atoms with Crippen LogP contribution in [0.1, 0.15) is 12.5 Å². The van der Waals surface area contributed by atoms with Crippen molar-refractivity contribution >= 4 is 23.3 Å². The van der Waals surface area contributed by atoms with E-state index in [0.717, 1.165) is 16.7 Å². The minimum absolute atomic E-state index is 0.160. The largest absolute Gasteiger partial charge is 0.457 e. The van der Waals surface area contributed by atoms with Crippen molar-refractivity contribution in [3.8, 4) is 11.1 Å². The van der Waals surface area contributed by atoms with Gasteiger partial charge in [0.1, 0.15) is 6.61 Å². The van der Waals surface area contributed by atoms with Gasteiger partial charge < -0.3 is 20.5 Å². The maximum atomic E-state index is 12.4. The standard InChI is InChI=1S/C20H20N2O3S/c1-13-18(17(11-23)22-20(26)21-13)19(24)25-12-14-7-9-16(10-8-14)15-5-3-2-4-6-15/h2-10,17,23H,11-12H2,1H3,(H2,21,22,26). The Kier molecular flexibility index (Phi) is 5.65. The first-order valence-electron chi connectivity index (χ1n) is 8.29. The average molecular weight is 368 g/mol. The molecule has 2 aromatic carbocycles. The predicted molar refractivity (Wildman–Crippen MR) is 104 cm³/mol. The lowest BCUT2D eigenvalue weighted by Gasteiger charge is -2.28. The number of esters is 1. The summed E-state index contributed by atoms with van der Waals surface area (Å²) in [4.78, 5) is 12.4. The van der Waals surface area contributed by atoms with Gasteiger partial charge in [0.25, 0.3) is 0 Å². The Bertz CT molecular complexity index is 832. The van der Waals surface area contributed by atoms with Crippen LogP contribution in [0.2, 0.25) is 0 Å². The molecule has 1 heterocycles. The Labute approximate surface area is 157 Å². The highest BCUT2D eigenvalue weighted by molar-refractivity contribution is 7.80. The molecule has 3 rings (SSSR count). The zero-order valence-corrected chi connectivity index (χ0v) is 15.2. The number of nitrogens with one attached hydrogen (secondary N) is 2. The number of hydrogen-bond donors (Lipinski definition) is 3. The molecule has 3 N–H and O–H groups in total. The van der Waals surface area contributed by atoms with E-state index in [4.69, 9.17) is 17.0 Å². The van der Waals surface area contributed by atoms with Crippen molar-refractivity contribution in [2.24, 2.45) is 0 Å². The molecule has 0 amide bonds. The van der Waals surface area contributed by atoms with Gasteiger partial charge in [-0.3, -0.25) is 0 Å². The highest BCUT2D eigenvalue weighted by atomic mass is 32.1. The molecule has 0 aliphatic carbocycles. The highest BCUT2D eigenvalue weighted by Gasteiger charge is 2.29. The van der Waals surface area contributed by atoms with Crippen molar-refractivity contribution in [3.05, 3.63) is 71.4 Å². The fourth-order valence-corrected chi connectivity index (χ4v) is 3.14. The van der Waals surface area contributed by atoms with Crippen LogP contribution in [-0.4, -0.2) is 28.8 Å². The summed E-state index contributed by atoms with van der Waals surface area (Å²) in [6.07, 6.45) is 0. The summed E-state index contributed by atoms with van der Waals surface area (Å²) in [5, 5.41) is 15.6. The van der Waals surface area contributed by atoms with E-state index in [9.17, 15) is 9.90 Å². The number of rotatable bonds is 5. The molecule has 6 heteroatoms. The van der Waals surface area contributed by atoms with Crippen LogP contribution in [0.25, 0.3) is 11.1 Å². The summed E-state index contributed by atoms with van der Waals surface area (Å²) in [5.41, 5.74) is 4.09. The van der Waals surface area contributed by atoms with Gasteiger partial charge in [-0.25, -0.2) is 4.79 Å². The third kappa shape index (κ3) is 4.09. The van der Waals surface area contributed by atoms with Gasteiger partial charge in [0.15, 0.2) is 5.11 Å². The molecule has 0 saturated heterocycles. The van der Waals surface area contributed by atoms with Gasteiger partial charge >= 0.3 is 5.97 Å². The molecule has 26 heavy (non-hydrogen) atoms. The van der Waals surface area contributed by atoms with Crippen LogP contribution in [0.3, 0.4) is 0 Å². The lowest BCUT2D eigenvalue weighted by atomic mass is 10.0. The van der Waals surface area contributed by atoms with Crippen LogP contribution in [0.5, 0.6) is 0 Å². The fourth-order valence-electron chi connectivity index (χ4n) is 2.85. The molecular weight excluding hydrogens is 348 g/mol. The van der Waals surface area contributed by atoms with Crippen LogP contribution >= 0.6 is 12.2 Å². The maximum Gasteiger partial charge on any atom is 0.338 e. The Morgan fingerprint density at radius 2 is 1.77 bits per heavy atom. The third-order valence-corrected chi connectivity index (χ3v) is 4.41. The zero-order chi connectivity index (χ0) is 18.5. The van der Waals surface area contributed by atoms with Crippen LogP contribution in [-0.2, 0) is 16.1 Å². The Morgan fingerprint density at radius 1 is 1.12 bits per heavy atom. The Morgan fingerprint density at radius 3 is 2.42 bits per heavy atom. The molecule has 134 valence electrons. The molecular formula is C20H20N2O3S. The summed E-state index contributed by atoms with van der Waals surface area (Å²) in [6.45, 7) is 1.66. The van der Waals surface area contributed by atoms with Crippen LogP contribution in [0, 0.1) is 0 Å². The normalized spacial score (nSPS) is 16.7. The molecule has 2 aromatic rings. The summed E-state index contributed by atoms with van der Waals surface area (Å²) in [7, 11) is 0. The SMILES string of the molecule is CC1=C(C(=O)OCc2ccc(-c3ccccc3)cc2)C(CO)NC(=S)N1. The molecule has 0 spiro atoms. The maximum absolute atomic E-state index is 12.4. The fraction of sp³-hybridized carbons (Fsp3) is 0.200. The summed E-state index contributed by atoms with van der Waals surface area (Å²) >= 11 is 5.04. The number of ether oxygens (including phenoxy) is 1. The third-order valence-electron chi connectivity index (χ3n) is 4.19. The van der Waals surface area contributed by atoms with Gasteiger partial charge in [-0.1, -0.05) is 54.6 Å². The summed E-state index contributed by atoms with van der Waals surface area (Å²) in [6, 6.07) is 17.4. The molecule has 0 saturated carbocycles. The van der Waals surface area contributed by atoms with Gasteiger partial charge in [0, 0.05) is 5.70 Å². The average Bonchev–Trinajstić information content (AvgIpc) is 2.66. The van der Waals surface area contributed by atoms with Crippen molar-refractivity contribution < 1.29 is 14.6 Å². The van der Waals surface area contributed by atoms with E-state index in [1.807, 2.05) is 54.6 Å². The van der Waals surface area contributed by atoms with E-state index in [2.05, 4.69) is 10.6 Å². The second kappa shape index (κ2) is 8.12. The number of aliphatic hydroxyl groups excluding tert-OH is 1. The lowest BCUT2D eigenvalue weighted by Crippen LogP contribution is -2.51. The van der Waals surface area contributed by atoms with Gasteiger partial charge in [-0.2, -0.15) is 0 Å². The van der Waals surface area contributed by atoms with Crippen molar-refractivity contribution in [1.29, 1.82) is 0 Å². The smallest absolute Gasteiger partial charge is 0.338 e. The molecule has 1 aliphatic heterocycles. The summed E-state index contributed by atoms with van der Waals surface area (Å²) in [5.74, 6) is -0.476. The van der Waals surface area contributed by atoms with Gasteiger partial charge in [-0.15, -0.1) is 0 Å². The first-order chi connectivity index (χ1) is 12.6. The van der Waals surface area contributed by atoms with Gasteiger partial charge in [0.05, 0.1) is 18.2 Å². The minimum atomic E-state index is -0.559. The number of thiocarbonyl (C=S) groups is 1. The van der Waals surface area contributed by atoms with Gasteiger partial charge in [-0.05, 0) is 35.8 Å². The van der Waals surface area contributed by atoms with Crippen molar-refractivity contribution in [2.45, 2.75) is 19.6 Å². The van der Waals surface area contributed by atoms with Crippen LogP contribution < -0.4 is 10.6 Å². The van der Waals surface area contributed by atoms with E-state index in [-0.39, 0.29) is 13.2 Å². The van der Waals surface area contributed by atoms with Crippen molar-refractivity contribution in [3.63, 3.8) is 0 Å². The molecule has 1 atom stereocenters. The number of allylic oxidation sites excluding steroid dienone is 1. The molecule has 1 aliphatic rings. The topological polar surface area (TPSA) is 70.6 Å². The monoisotopic (exact) mass is 368 g/mol.